The zero-order valence-electron chi connectivity index (χ0n) is 35.6. The van der Waals surface area contributed by atoms with Gasteiger partial charge in [0.15, 0.2) is 0 Å². The highest BCUT2D eigenvalue weighted by Crippen LogP contribution is 2.12. The Labute approximate surface area is 340 Å². The SMILES string of the molecule is CC/C=C\C/C=C\C/C=C\C/C=C\C/C=C\C/C=C\C/C=C\CCCC(=O)OC(CO)COCCCCCCCCCCCC/C=C\C/C=C\CCCCC. The quantitative estimate of drug-likeness (QED) is 0.0384. The lowest BCUT2D eigenvalue weighted by atomic mass is 10.1. The molecule has 4 nitrogen and oxygen atoms in total. The van der Waals surface area contributed by atoms with E-state index in [-0.39, 0.29) is 19.2 Å². The van der Waals surface area contributed by atoms with Crippen molar-refractivity contribution in [2.45, 2.75) is 187 Å². The molecule has 0 aliphatic carbocycles. The first-order valence-corrected chi connectivity index (χ1v) is 22.5. The van der Waals surface area contributed by atoms with Crippen LogP contribution in [0.3, 0.4) is 0 Å². The number of aliphatic hydroxyl groups is 1. The molecule has 1 atom stereocenters. The van der Waals surface area contributed by atoms with Crippen LogP contribution in [0.2, 0.25) is 0 Å². The lowest BCUT2D eigenvalue weighted by molar-refractivity contribution is -0.154. The van der Waals surface area contributed by atoms with Crippen molar-refractivity contribution in [3.05, 3.63) is 109 Å². The predicted octanol–water partition coefficient (Wildman–Crippen LogP) is 15.1. The van der Waals surface area contributed by atoms with Crippen molar-refractivity contribution in [1.82, 2.24) is 0 Å². The molecule has 0 saturated heterocycles. The molecule has 312 valence electrons. The number of rotatable bonds is 40. The van der Waals surface area contributed by atoms with Gasteiger partial charge in [0, 0.05) is 13.0 Å². The third-order valence-corrected chi connectivity index (χ3v) is 9.08. The summed E-state index contributed by atoms with van der Waals surface area (Å²) in [5, 5.41) is 9.61. The van der Waals surface area contributed by atoms with Crippen LogP contribution in [0.4, 0.5) is 0 Å². The average molecular weight is 761 g/mol. The third-order valence-electron chi connectivity index (χ3n) is 9.08. The Balaban J connectivity index is 3.59. The maximum Gasteiger partial charge on any atom is 0.306 e. The molecule has 0 heterocycles. The maximum absolute atomic E-state index is 12.2. The number of esters is 1. The highest BCUT2D eigenvalue weighted by Gasteiger charge is 2.13. The van der Waals surface area contributed by atoms with Crippen LogP contribution < -0.4 is 0 Å². The standard InChI is InChI=1S/C51H84O4/c1-3-5-7-9-11-13-15-17-19-21-23-25-26-27-28-30-32-34-36-38-40-42-44-46-51(53)55-50(48-52)49-54-47-45-43-41-39-37-35-33-31-29-24-22-20-18-16-14-12-10-8-6-4-2/h5,7,11-14,17-20,23,25,27-28,32,34,38,40,50,52H,3-4,6,8-10,15-16,21-22,24,26,29-31,33,35-37,39,41-49H2,1-2H3/b7-5-,13-11-,14-12-,19-17-,20-18-,25-23-,28-27-,34-32-,40-38-. The number of aliphatic hydroxyl groups excluding tert-OH is 1. The van der Waals surface area contributed by atoms with E-state index >= 15 is 0 Å². The molecule has 0 bridgehead atoms. The lowest BCUT2D eigenvalue weighted by Crippen LogP contribution is -2.27. The molecule has 0 aromatic carbocycles. The second-order valence-corrected chi connectivity index (χ2v) is 14.4. The molecule has 0 amide bonds. The van der Waals surface area contributed by atoms with Crippen LogP contribution >= 0.6 is 0 Å². The van der Waals surface area contributed by atoms with E-state index in [0.29, 0.717) is 13.0 Å². The van der Waals surface area contributed by atoms with E-state index in [9.17, 15) is 9.90 Å². The van der Waals surface area contributed by atoms with E-state index < -0.39 is 6.10 Å². The smallest absolute Gasteiger partial charge is 0.306 e. The van der Waals surface area contributed by atoms with Gasteiger partial charge in [-0.1, -0.05) is 187 Å². The molecule has 0 aromatic rings. The van der Waals surface area contributed by atoms with Gasteiger partial charge in [0.25, 0.3) is 0 Å². The Morgan fingerprint density at radius 2 is 0.818 bits per heavy atom. The van der Waals surface area contributed by atoms with Gasteiger partial charge in [-0.2, -0.15) is 0 Å². The number of carbonyl (C=O) groups is 1. The Kier molecular flexibility index (Phi) is 44.7. The van der Waals surface area contributed by atoms with Gasteiger partial charge in [-0.3, -0.25) is 4.79 Å². The van der Waals surface area contributed by atoms with Crippen LogP contribution in [-0.2, 0) is 14.3 Å². The van der Waals surface area contributed by atoms with Crippen molar-refractivity contribution in [3.63, 3.8) is 0 Å². The summed E-state index contributed by atoms with van der Waals surface area (Å²) in [6, 6.07) is 0. The Bertz CT molecular complexity index is 1070. The number of carbonyl (C=O) groups excluding carboxylic acids is 1. The van der Waals surface area contributed by atoms with Gasteiger partial charge in [0.05, 0.1) is 13.2 Å². The molecule has 0 radical (unpaired) electrons. The molecular weight excluding hydrogens is 677 g/mol. The van der Waals surface area contributed by atoms with Gasteiger partial charge in [0.2, 0.25) is 0 Å². The molecule has 0 rings (SSSR count). The van der Waals surface area contributed by atoms with Gasteiger partial charge < -0.3 is 14.6 Å². The van der Waals surface area contributed by atoms with Crippen molar-refractivity contribution in [1.29, 1.82) is 0 Å². The van der Waals surface area contributed by atoms with Crippen molar-refractivity contribution < 1.29 is 19.4 Å². The van der Waals surface area contributed by atoms with E-state index in [2.05, 4.69) is 123 Å². The molecule has 0 spiro atoms. The number of unbranched alkanes of at least 4 members (excludes halogenated alkanes) is 14. The van der Waals surface area contributed by atoms with E-state index in [0.717, 1.165) is 77.0 Å². The molecule has 0 fully saturated rings. The summed E-state index contributed by atoms with van der Waals surface area (Å²) in [6.07, 6.45) is 68.7. The topological polar surface area (TPSA) is 55.8 Å². The molecule has 4 heteroatoms. The minimum atomic E-state index is -0.575. The van der Waals surface area contributed by atoms with E-state index in [1.807, 2.05) is 0 Å². The summed E-state index contributed by atoms with van der Waals surface area (Å²) >= 11 is 0. The van der Waals surface area contributed by atoms with Gasteiger partial charge >= 0.3 is 5.97 Å². The number of allylic oxidation sites excluding steroid dienone is 18. The first-order chi connectivity index (χ1) is 27.2. The predicted molar refractivity (Wildman–Crippen MR) is 241 cm³/mol. The monoisotopic (exact) mass is 761 g/mol. The van der Waals surface area contributed by atoms with Crippen LogP contribution in [0.5, 0.6) is 0 Å². The highest BCUT2D eigenvalue weighted by atomic mass is 16.6. The van der Waals surface area contributed by atoms with Gasteiger partial charge in [-0.25, -0.2) is 0 Å². The number of hydrogen-bond donors (Lipinski definition) is 1. The van der Waals surface area contributed by atoms with E-state index in [1.165, 1.54) is 83.5 Å². The van der Waals surface area contributed by atoms with Crippen molar-refractivity contribution >= 4 is 5.97 Å². The minimum absolute atomic E-state index is 0.203. The summed E-state index contributed by atoms with van der Waals surface area (Å²) in [7, 11) is 0. The van der Waals surface area contributed by atoms with E-state index in [1.54, 1.807) is 0 Å². The van der Waals surface area contributed by atoms with Gasteiger partial charge in [-0.05, 0) is 96.3 Å². The highest BCUT2D eigenvalue weighted by molar-refractivity contribution is 5.69. The summed E-state index contributed by atoms with van der Waals surface area (Å²) in [4.78, 5) is 12.2. The van der Waals surface area contributed by atoms with Crippen LogP contribution in [-0.4, -0.2) is 37.0 Å². The normalized spacial score (nSPS) is 13.4. The van der Waals surface area contributed by atoms with Crippen LogP contribution in [0.1, 0.15) is 181 Å². The Morgan fingerprint density at radius 3 is 1.24 bits per heavy atom. The Morgan fingerprint density at radius 1 is 0.455 bits per heavy atom. The zero-order chi connectivity index (χ0) is 39.8. The lowest BCUT2D eigenvalue weighted by Gasteiger charge is -2.15. The largest absolute Gasteiger partial charge is 0.457 e. The summed E-state index contributed by atoms with van der Waals surface area (Å²) < 4.78 is 11.1. The first kappa shape index (κ1) is 52.0. The van der Waals surface area contributed by atoms with Gasteiger partial charge in [-0.15, -0.1) is 0 Å². The molecule has 0 saturated carbocycles. The summed E-state index contributed by atoms with van der Waals surface area (Å²) in [6.45, 7) is 5.13. The van der Waals surface area contributed by atoms with Crippen LogP contribution in [0, 0.1) is 0 Å². The second-order valence-electron chi connectivity index (χ2n) is 14.4. The molecule has 1 N–H and O–H groups in total. The molecule has 0 aromatic heterocycles. The van der Waals surface area contributed by atoms with Crippen molar-refractivity contribution in [2.24, 2.45) is 0 Å². The second kappa shape index (κ2) is 47.2. The maximum atomic E-state index is 12.2. The van der Waals surface area contributed by atoms with Crippen molar-refractivity contribution in [3.8, 4) is 0 Å². The third kappa shape index (κ3) is 45.3. The summed E-state index contributed by atoms with van der Waals surface area (Å²) in [5.74, 6) is -0.263. The molecule has 55 heavy (non-hydrogen) atoms. The van der Waals surface area contributed by atoms with Crippen LogP contribution in [0.15, 0.2) is 109 Å². The van der Waals surface area contributed by atoms with Crippen molar-refractivity contribution in [2.75, 3.05) is 19.8 Å². The van der Waals surface area contributed by atoms with Crippen LogP contribution in [0.25, 0.3) is 0 Å². The van der Waals surface area contributed by atoms with E-state index in [4.69, 9.17) is 9.47 Å². The minimum Gasteiger partial charge on any atom is -0.457 e. The first-order valence-electron chi connectivity index (χ1n) is 22.5. The molecule has 0 aliphatic heterocycles. The molecule has 1 unspecified atom stereocenters. The number of ether oxygens (including phenoxy) is 2. The molecule has 0 aliphatic rings. The fourth-order valence-electron chi connectivity index (χ4n) is 5.76. The van der Waals surface area contributed by atoms with Gasteiger partial charge in [0.1, 0.15) is 6.10 Å². The average Bonchev–Trinajstić information content (AvgIpc) is 3.19. The zero-order valence-corrected chi connectivity index (χ0v) is 35.6. The molecular formula is C51H84O4. The summed E-state index contributed by atoms with van der Waals surface area (Å²) in [5.41, 5.74) is 0. The fraction of sp³-hybridized carbons (Fsp3) is 0.627. The fourth-order valence-corrected chi connectivity index (χ4v) is 5.76. The Hall–Kier alpha value is -2.95. The number of hydrogen-bond acceptors (Lipinski definition) is 4.